The van der Waals surface area contributed by atoms with Crippen molar-refractivity contribution in [2.45, 2.75) is 50.4 Å². The van der Waals surface area contributed by atoms with Crippen LogP contribution in [0.15, 0.2) is 60.9 Å². The highest BCUT2D eigenvalue weighted by molar-refractivity contribution is 5.91. The number of carbonyl (C=O) groups is 2. The van der Waals surface area contributed by atoms with E-state index in [2.05, 4.69) is 41.0 Å². The lowest BCUT2D eigenvalue weighted by Crippen LogP contribution is -2.19. The molecule has 1 saturated carbocycles. The van der Waals surface area contributed by atoms with Crippen LogP contribution < -0.4 is 20.4 Å². The van der Waals surface area contributed by atoms with E-state index in [-0.39, 0.29) is 36.5 Å². The summed E-state index contributed by atoms with van der Waals surface area (Å²) in [5.41, 5.74) is 5.13. The zero-order valence-corrected chi connectivity index (χ0v) is 25.6. The molecule has 44 heavy (non-hydrogen) atoms. The van der Waals surface area contributed by atoms with Gasteiger partial charge in [-0.2, -0.15) is 10.2 Å². The van der Waals surface area contributed by atoms with Gasteiger partial charge in [0.15, 0.2) is 11.6 Å². The highest BCUT2D eigenvalue weighted by atomic mass is 16.2. The number of hydrogen-bond donors (Lipinski definition) is 2. The summed E-state index contributed by atoms with van der Waals surface area (Å²) in [4.78, 5) is 37.7. The van der Waals surface area contributed by atoms with Crippen molar-refractivity contribution in [3.63, 3.8) is 0 Å². The van der Waals surface area contributed by atoms with Crippen LogP contribution in [0.2, 0.25) is 0 Å². The Kier molecular flexibility index (Phi) is 9.68. The Bertz CT molecular complexity index is 1420. The standard InChI is InChI=1S/C32H38N10O2/c1-41(2)25-10-8-23(33-19-25)17-31(43)35-29-14-12-27(37-39-29)21-6-5-7-22(16-21)28-13-15-30(40-38-28)36-32(44)18-24-9-11-26(20-34-24)42(3)4/h8-15,19-22H,5-7,16-18H2,1-4H3,(H,35,39,43)(H,36,40,44)/t21-,22-/m0/s1. The monoisotopic (exact) mass is 594 g/mol. The van der Waals surface area contributed by atoms with Crippen LogP contribution in [0.4, 0.5) is 23.0 Å². The predicted octanol–water partition coefficient (Wildman–Crippen LogP) is 3.99. The van der Waals surface area contributed by atoms with Gasteiger partial charge in [-0.1, -0.05) is 6.42 Å². The van der Waals surface area contributed by atoms with Crippen LogP contribution in [0, 0.1) is 0 Å². The summed E-state index contributed by atoms with van der Waals surface area (Å²) in [6.45, 7) is 0. The number of amides is 2. The topological polar surface area (TPSA) is 142 Å². The Balaban J connectivity index is 1.11. The van der Waals surface area contributed by atoms with Gasteiger partial charge < -0.3 is 20.4 Å². The fourth-order valence-electron chi connectivity index (χ4n) is 5.26. The number of rotatable bonds is 10. The van der Waals surface area contributed by atoms with Crippen molar-refractivity contribution in [2.75, 3.05) is 48.6 Å². The minimum atomic E-state index is -0.191. The lowest BCUT2D eigenvalue weighted by molar-refractivity contribution is -0.116. The van der Waals surface area contributed by atoms with E-state index in [9.17, 15) is 9.59 Å². The van der Waals surface area contributed by atoms with E-state index in [0.717, 1.165) is 48.4 Å². The van der Waals surface area contributed by atoms with Gasteiger partial charge in [0.2, 0.25) is 11.8 Å². The first kappa shape index (κ1) is 30.5. The van der Waals surface area contributed by atoms with Gasteiger partial charge >= 0.3 is 0 Å². The third-order valence-electron chi connectivity index (χ3n) is 7.75. The smallest absolute Gasteiger partial charge is 0.231 e. The average molecular weight is 595 g/mol. The third-order valence-corrected chi connectivity index (χ3v) is 7.75. The molecule has 2 N–H and O–H groups in total. The first-order valence-corrected chi connectivity index (χ1v) is 14.7. The maximum absolute atomic E-state index is 12.5. The molecule has 0 saturated heterocycles. The summed E-state index contributed by atoms with van der Waals surface area (Å²) in [5, 5.41) is 23.0. The average Bonchev–Trinajstić information content (AvgIpc) is 3.02. The van der Waals surface area contributed by atoms with E-state index < -0.39 is 0 Å². The number of nitrogens with zero attached hydrogens (tertiary/aromatic N) is 8. The van der Waals surface area contributed by atoms with E-state index in [1.54, 1.807) is 24.5 Å². The van der Waals surface area contributed by atoms with Gasteiger partial charge in [0, 0.05) is 51.4 Å². The van der Waals surface area contributed by atoms with Crippen LogP contribution in [0.25, 0.3) is 0 Å². The quantitative estimate of drug-likeness (QED) is 0.277. The Morgan fingerprint density at radius 2 is 1.11 bits per heavy atom. The van der Waals surface area contributed by atoms with Gasteiger partial charge in [-0.05, 0) is 67.8 Å². The first-order valence-electron chi connectivity index (χ1n) is 14.7. The molecule has 4 heterocycles. The molecule has 4 aromatic rings. The molecule has 1 aliphatic rings. The molecule has 2 atom stereocenters. The van der Waals surface area contributed by atoms with Gasteiger partial charge in [0.25, 0.3) is 0 Å². The molecule has 228 valence electrons. The second-order valence-electron chi connectivity index (χ2n) is 11.5. The van der Waals surface area contributed by atoms with Crippen molar-refractivity contribution in [1.29, 1.82) is 0 Å². The molecule has 4 aromatic heterocycles. The van der Waals surface area contributed by atoms with Crippen molar-refractivity contribution in [3.05, 3.63) is 83.7 Å². The minimum Gasteiger partial charge on any atom is -0.376 e. The molecule has 12 heteroatoms. The predicted molar refractivity (Wildman–Crippen MR) is 170 cm³/mol. The van der Waals surface area contributed by atoms with E-state index in [4.69, 9.17) is 0 Å². The fourth-order valence-corrected chi connectivity index (χ4v) is 5.26. The summed E-state index contributed by atoms with van der Waals surface area (Å²) >= 11 is 0. The van der Waals surface area contributed by atoms with Gasteiger partial charge in [-0.25, -0.2) is 0 Å². The van der Waals surface area contributed by atoms with Crippen molar-refractivity contribution >= 4 is 34.8 Å². The second kappa shape index (κ2) is 14.0. The van der Waals surface area contributed by atoms with Crippen molar-refractivity contribution in [1.82, 2.24) is 30.4 Å². The van der Waals surface area contributed by atoms with Gasteiger partial charge in [0.1, 0.15) is 0 Å². The Morgan fingerprint density at radius 1 is 0.659 bits per heavy atom. The van der Waals surface area contributed by atoms with E-state index in [1.165, 1.54) is 0 Å². The largest absolute Gasteiger partial charge is 0.376 e. The molecule has 0 unspecified atom stereocenters. The molecule has 0 bridgehead atoms. The van der Waals surface area contributed by atoms with Crippen LogP contribution in [0.1, 0.15) is 60.3 Å². The maximum atomic E-state index is 12.5. The second-order valence-corrected chi connectivity index (χ2v) is 11.5. The zero-order valence-electron chi connectivity index (χ0n) is 25.6. The van der Waals surface area contributed by atoms with Crippen LogP contribution in [-0.2, 0) is 22.4 Å². The lowest BCUT2D eigenvalue weighted by Gasteiger charge is -2.28. The highest BCUT2D eigenvalue weighted by Crippen LogP contribution is 2.40. The summed E-state index contributed by atoms with van der Waals surface area (Å²) in [7, 11) is 7.78. The molecule has 1 fully saturated rings. The summed E-state index contributed by atoms with van der Waals surface area (Å²) < 4.78 is 0. The summed E-state index contributed by atoms with van der Waals surface area (Å²) in [6.07, 6.45) is 7.75. The molecule has 2 amide bonds. The maximum Gasteiger partial charge on any atom is 0.231 e. The molecule has 0 aliphatic heterocycles. The van der Waals surface area contributed by atoms with Crippen LogP contribution in [0.3, 0.4) is 0 Å². The van der Waals surface area contributed by atoms with Gasteiger partial charge in [-0.15, -0.1) is 10.2 Å². The van der Waals surface area contributed by atoms with E-state index in [0.29, 0.717) is 23.0 Å². The minimum absolute atomic E-state index is 0.160. The number of anilines is 4. The molecule has 5 rings (SSSR count). The number of nitrogens with one attached hydrogen (secondary N) is 2. The third kappa shape index (κ3) is 8.09. The lowest BCUT2D eigenvalue weighted by atomic mass is 9.78. The highest BCUT2D eigenvalue weighted by Gasteiger charge is 2.27. The van der Waals surface area contributed by atoms with Crippen molar-refractivity contribution < 1.29 is 9.59 Å². The normalized spacial score (nSPS) is 16.2. The SMILES string of the molecule is CN(C)c1ccc(CC(=O)Nc2ccc([C@H]3CCC[C@H](c4ccc(NC(=O)Cc5ccc(N(C)C)cn5)nn4)C3)nn2)nc1. The number of pyridine rings is 2. The fraction of sp³-hybridized carbons (Fsp3) is 0.375. The summed E-state index contributed by atoms with van der Waals surface area (Å²) in [5.74, 6) is 0.921. The van der Waals surface area contributed by atoms with Crippen LogP contribution in [0.5, 0.6) is 0 Å². The van der Waals surface area contributed by atoms with Gasteiger partial charge in [0.05, 0.1) is 48.0 Å². The number of hydrogen-bond acceptors (Lipinski definition) is 10. The molecule has 0 spiro atoms. The van der Waals surface area contributed by atoms with Crippen molar-refractivity contribution in [3.8, 4) is 0 Å². The molecule has 12 nitrogen and oxygen atoms in total. The Hall–Kier alpha value is -5.00. The van der Waals surface area contributed by atoms with Crippen LogP contribution >= 0.6 is 0 Å². The molecular formula is C32H38N10O2. The Morgan fingerprint density at radius 3 is 1.45 bits per heavy atom. The van der Waals surface area contributed by atoms with Gasteiger partial charge in [-0.3, -0.25) is 19.6 Å². The zero-order chi connectivity index (χ0) is 31.1. The summed E-state index contributed by atoms with van der Waals surface area (Å²) in [6, 6.07) is 15.0. The Labute approximate surface area is 257 Å². The van der Waals surface area contributed by atoms with E-state index >= 15 is 0 Å². The molecule has 0 aromatic carbocycles. The number of carbonyl (C=O) groups excluding carboxylic acids is 2. The number of aromatic nitrogens is 6. The molecular weight excluding hydrogens is 556 g/mol. The molecule has 0 radical (unpaired) electrons. The first-order chi connectivity index (χ1) is 21.2. The van der Waals surface area contributed by atoms with E-state index in [1.807, 2.05) is 74.4 Å². The van der Waals surface area contributed by atoms with Crippen LogP contribution in [-0.4, -0.2) is 70.4 Å². The van der Waals surface area contributed by atoms with Crippen molar-refractivity contribution in [2.24, 2.45) is 0 Å². The molecule has 1 aliphatic carbocycles.